The Morgan fingerprint density at radius 2 is 1.64 bits per heavy atom. The van der Waals surface area contributed by atoms with Crippen molar-refractivity contribution in [2.45, 2.75) is 12.2 Å². The number of carbonyl (C=O) groups is 1. The molecule has 0 saturated heterocycles. The van der Waals surface area contributed by atoms with Gasteiger partial charge in [-0.05, 0) is 76.3 Å². The zero-order valence-electron chi connectivity index (χ0n) is 18.6. The third-order valence-electron chi connectivity index (χ3n) is 6.84. The maximum absolute atomic E-state index is 14.4. The molecule has 6 nitrogen and oxygen atoms in total. The summed E-state index contributed by atoms with van der Waals surface area (Å²) in [6, 6.07) is 19.8. The van der Waals surface area contributed by atoms with Crippen LogP contribution < -0.4 is 11.1 Å². The number of amides is 1. The smallest absolute Gasteiger partial charge is 0.255 e. The molecule has 4 aromatic carbocycles. The number of ether oxygens (including phenoxy) is 1. The molecule has 0 radical (unpaired) electrons. The summed E-state index contributed by atoms with van der Waals surface area (Å²) in [7, 11) is 0. The molecule has 2 aliphatic rings. The molecule has 1 aromatic heterocycles. The van der Waals surface area contributed by atoms with Crippen molar-refractivity contribution in [3.8, 4) is 11.1 Å². The van der Waals surface area contributed by atoms with E-state index >= 15 is 0 Å². The summed E-state index contributed by atoms with van der Waals surface area (Å²) < 4.78 is 39.1. The topological polar surface area (TPSA) is 90.4 Å². The van der Waals surface area contributed by atoms with Crippen LogP contribution in [0.25, 0.3) is 22.1 Å². The Bertz CT molecular complexity index is 1730. The molecular formula is C28H17F2N3O3. The SMILES string of the molecule is Nc1noc2ccc(NC(=O)c3ccc4c(c3)C3OC4c4ccc(-c5ccc(F)cc5F)cc43)cc12. The van der Waals surface area contributed by atoms with Crippen LogP contribution in [0.3, 0.4) is 0 Å². The lowest BCUT2D eigenvalue weighted by atomic mass is 9.83. The van der Waals surface area contributed by atoms with E-state index in [-0.39, 0.29) is 23.9 Å². The van der Waals surface area contributed by atoms with Crippen molar-refractivity contribution >= 4 is 28.4 Å². The van der Waals surface area contributed by atoms with Crippen LogP contribution in [0.4, 0.5) is 20.3 Å². The fraction of sp³-hybridized carbons (Fsp3) is 0.0714. The Kier molecular flexibility index (Phi) is 4.31. The Hall–Kier alpha value is -4.56. The van der Waals surface area contributed by atoms with Crippen LogP contribution in [-0.4, -0.2) is 11.1 Å². The Morgan fingerprint density at radius 3 is 2.47 bits per heavy atom. The van der Waals surface area contributed by atoms with E-state index in [1.807, 2.05) is 30.3 Å². The number of benzene rings is 4. The van der Waals surface area contributed by atoms with Crippen molar-refractivity contribution in [1.29, 1.82) is 0 Å². The van der Waals surface area contributed by atoms with Crippen LogP contribution in [0.5, 0.6) is 0 Å². The lowest BCUT2D eigenvalue weighted by Gasteiger charge is -2.18. The van der Waals surface area contributed by atoms with Crippen molar-refractivity contribution in [3.63, 3.8) is 0 Å². The average Bonchev–Trinajstić information content (AvgIpc) is 3.56. The predicted octanol–water partition coefficient (Wildman–Crippen LogP) is 6.13. The van der Waals surface area contributed by atoms with Gasteiger partial charge in [-0.15, -0.1) is 0 Å². The van der Waals surface area contributed by atoms with Crippen LogP contribution in [0.15, 0.2) is 77.3 Å². The van der Waals surface area contributed by atoms with Gasteiger partial charge in [-0.3, -0.25) is 4.79 Å². The lowest BCUT2D eigenvalue weighted by Crippen LogP contribution is -2.13. The molecule has 0 spiro atoms. The van der Waals surface area contributed by atoms with Crippen molar-refractivity contribution < 1.29 is 22.8 Å². The van der Waals surface area contributed by atoms with E-state index in [1.54, 1.807) is 24.3 Å². The fourth-order valence-corrected chi connectivity index (χ4v) is 5.12. The zero-order chi connectivity index (χ0) is 24.6. The van der Waals surface area contributed by atoms with Crippen LogP contribution in [0.2, 0.25) is 0 Å². The maximum Gasteiger partial charge on any atom is 0.255 e. The Balaban J connectivity index is 1.20. The van der Waals surface area contributed by atoms with Gasteiger partial charge in [0, 0.05) is 22.9 Å². The molecular weight excluding hydrogens is 464 g/mol. The molecule has 2 bridgehead atoms. The molecule has 3 N–H and O–H groups in total. The van der Waals surface area contributed by atoms with Gasteiger partial charge in [0.1, 0.15) is 23.8 Å². The van der Waals surface area contributed by atoms with Gasteiger partial charge >= 0.3 is 0 Å². The number of nitrogens with two attached hydrogens (primary N) is 1. The van der Waals surface area contributed by atoms with Crippen LogP contribution in [0.1, 0.15) is 44.8 Å². The monoisotopic (exact) mass is 481 g/mol. The van der Waals surface area contributed by atoms with E-state index in [2.05, 4.69) is 10.5 Å². The van der Waals surface area contributed by atoms with E-state index in [0.29, 0.717) is 33.3 Å². The van der Waals surface area contributed by atoms with E-state index in [9.17, 15) is 13.6 Å². The van der Waals surface area contributed by atoms with Gasteiger partial charge in [-0.1, -0.05) is 23.4 Å². The molecule has 176 valence electrons. The molecule has 8 heteroatoms. The van der Waals surface area contributed by atoms with Crippen molar-refractivity contribution in [1.82, 2.24) is 5.16 Å². The summed E-state index contributed by atoms with van der Waals surface area (Å²) in [4.78, 5) is 13.0. The first-order chi connectivity index (χ1) is 17.5. The fourth-order valence-electron chi connectivity index (χ4n) is 5.12. The highest BCUT2D eigenvalue weighted by molar-refractivity contribution is 6.05. The summed E-state index contributed by atoms with van der Waals surface area (Å²) in [5.41, 5.74) is 12.2. The number of halogens is 2. The van der Waals surface area contributed by atoms with Gasteiger partial charge in [0.2, 0.25) is 0 Å². The average molecular weight is 481 g/mol. The predicted molar refractivity (Wildman–Crippen MR) is 129 cm³/mol. The molecule has 1 amide bonds. The summed E-state index contributed by atoms with van der Waals surface area (Å²) in [6.07, 6.45) is -0.618. The van der Waals surface area contributed by atoms with Gasteiger partial charge in [0.05, 0.1) is 5.39 Å². The third-order valence-corrected chi connectivity index (χ3v) is 6.84. The standard InChI is InChI=1S/C28H17F2N3O3/c29-15-3-7-17(23(30)11-15)13-1-5-18-20(9-13)26-21-10-14(2-6-19(21)25(18)35-26)28(34)32-16-4-8-24-22(12-16)27(31)33-36-24/h1-12,25-26H,(H2,31,33)(H,32,34). The number of nitrogens with one attached hydrogen (secondary N) is 1. The van der Waals surface area contributed by atoms with Gasteiger partial charge in [0.25, 0.3) is 5.91 Å². The minimum atomic E-state index is -0.621. The van der Waals surface area contributed by atoms with Gasteiger partial charge in [-0.2, -0.15) is 0 Å². The summed E-state index contributed by atoms with van der Waals surface area (Å²) in [5.74, 6) is -1.27. The van der Waals surface area contributed by atoms with Gasteiger partial charge in [-0.25, -0.2) is 8.78 Å². The van der Waals surface area contributed by atoms with Crippen molar-refractivity contribution in [2.24, 2.45) is 0 Å². The minimum absolute atomic E-state index is 0.247. The van der Waals surface area contributed by atoms with Crippen LogP contribution in [0, 0.1) is 11.6 Å². The molecule has 3 heterocycles. The van der Waals surface area contributed by atoms with E-state index in [1.165, 1.54) is 12.1 Å². The van der Waals surface area contributed by atoms with Gasteiger partial charge < -0.3 is 20.3 Å². The van der Waals surface area contributed by atoms with E-state index in [4.69, 9.17) is 15.0 Å². The second kappa shape index (κ2) is 7.47. The zero-order valence-corrected chi connectivity index (χ0v) is 18.6. The molecule has 36 heavy (non-hydrogen) atoms. The molecule has 2 aliphatic heterocycles. The van der Waals surface area contributed by atoms with Crippen LogP contribution in [-0.2, 0) is 4.74 Å². The number of aromatic nitrogens is 1. The van der Waals surface area contributed by atoms with Crippen LogP contribution >= 0.6 is 0 Å². The first kappa shape index (κ1) is 20.8. The van der Waals surface area contributed by atoms with Gasteiger partial charge in [0.15, 0.2) is 11.4 Å². The van der Waals surface area contributed by atoms with E-state index in [0.717, 1.165) is 28.3 Å². The number of hydrogen-bond donors (Lipinski definition) is 2. The van der Waals surface area contributed by atoms with E-state index < -0.39 is 11.6 Å². The largest absolute Gasteiger partial charge is 0.380 e. The quantitative estimate of drug-likeness (QED) is 0.324. The second-order valence-corrected chi connectivity index (χ2v) is 8.94. The summed E-state index contributed by atoms with van der Waals surface area (Å²) >= 11 is 0. The normalized spacial score (nSPS) is 17.3. The number of anilines is 2. The highest BCUT2D eigenvalue weighted by Crippen LogP contribution is 2.55. The first-order valence-corrected chi connectivity index (χ1v) is 11.3. The number of nitrogens with zero attached hydrogens (tertiary/aromatic N) is 1. The Morgan fingerprint density at radius 1 is 0.861 bits per heavy atom. The Labute approximate surface area is 203 Å². The highest BCUT2D eigenvalue weighted by Gasteiger charge is 2.43. The number of fused-ring (bicyclic) bond motifs is 9. The highest BCUT2D eigenvalue weighted by atomic mass is 19.1. The summed E-state index contributed by atoms with van der Waals surface area (Å²) in [5, 5.41) is 7.24. The first-order valence-electron chi connectivity index (χ1n) is 11.3. The molecule has 2 atom stereocenters. The molecule has 5 aromatic rings. The number of hydrogen-bond acceptors (Lipinski definition) is 5. The summed E-state index contributed by atoms with van der Waals surface area (Å²) in [6.45, 7) is 0. The maximum atomic E-state index is 14.4. The number of rotatable bonds is 3. The second-order valence-electron chi connectivity index (χ2n) is 8.94. The molecule has 0 saturated carbocycles. The van der Waals surface area contributed by atoms with Crippen molar-refractivity contribution in [3.05, 3.63) is 112 Å². The van der Waals surface area contributed by atoms with Crippen molar-refractivity contribution in [2.75, 3.05) is 11.1 Å². The number of carbonyl (C=O) groups excluding carboxylic acids is 1. The molecule has 7 rings (SSSR count). The minimum Gasteiger partial charge on any atom is -0.380 e. The number of nitrogen functional groups attached to an aromatic ring is 1. The molecule has 2 unspecified atom stereocenters. The molecule has 0 aliphatic carbocycles. The lowest BCUT2D eigenvalue weighted by molar-refractivity contribution is 0.0857. The molecule has 0 fully saturated rings. The third kappa shape index (κ3) is 3.04.